The molecular formula is C66H102Cl2N12O12S. The smallest absolute Gasteiger partial charge is 0.246 e. The van der Waals surface area contributed by atoms with Gasteiger partial charge in [0.1, 0.15) is 47.8 Å². The summed E-state index contributed by atoms with van der Waals surface area (Å²) in [6.07, 6.45) is 3.37. The van der Waals surface area contributed by atoms with Gasteiger partial charge in [-0.1, -0.05) is 103 Å². The highest BCUT2D eigenvalue weighted by Crippen LogP contribution is 2.26. The van der Waals surface area contributed by atoms with Gasteiger partial charge in [-0.25, -0.2) is 0 Å². The highest BCUT2D eigenvalue weighted by molar-refractivity contribution is 7.16. The molecule has 12 amide bonds. The first kappa shape index (κ1) is 78.6. The molecule has 1 aromatic heterocycles. The third-order valence-electron chi connectivity index (χ3n) is 17.7. The fourth-order valence-electron chi connectivity index (χ4n) is 11.2. The van der Waals surface area contributed by atoms with Crippen LogP contribution in [0.4, 0.5) is 0 Å². The number of likely N-dealkylation sites (tertiary alicyclic amines) is 1. The quantitative estimate of drug-likeness (QED) is 0.202. The second-order valence-electron chi connectivity index (χ2n) is 26.4. The lowest BCUT2D eigenvalue weighted by Crippen LogP contribution is -2.63. The minimum Gasteiger partial charge on any atom is -0.343 e. The Balaban J connectivity index is 1.87. The number of rotatable bonds is 14. The first-order valence-electron chi connectivity index (χ1n) is 32.3. The average molecular weight is 1360 g/mol. The van der Waals surface area contributed by atoms with Gasteiger partial charge in [0.05, 0.1) is 30.4 Å². The van der Waals surface area contributed by atoms with E-state index in [2.05, 4.69) is 21.3 Å². The van der Waals surface area contributed by atoms with Gasteiger partial charge >= 0.3 is 0 Å². The highest BCUT2D eigenvalue weighted by Gasteiger charge is 2.44. The molecule has 2 saturated heterocycles. The standard InChI is InChI=1S/C66H102Cl2N12O12S/c1-17-19-23-46-61(88)79(16)66(8,9)65(92)71-48(32-40(3)4)60(87)78(15)51(63(90)80-30-21-20-22-31-80)36-54(82)76(13)49(33-41(5)6)59(86)72-57(42(7)18-2)64(91)75(12)38-55(83)73(10)39-56(84)77(14)50(34-43-24-26-44(67)27-25-43)62(89)74(11)37-53(81)69-47(58(85)70-46)35-45-28-29-52(68)93-45/h24-29,40-42,46-51,57H,17-23,30-39H2,1-16H3,(H,69,81)(H,70,85)(H,71,92)(H,72,86)/t42-,46-,47-,48-,49-,50-,51?,57-/m0/s1. The Hall–Kier alpha value is -6.86. The number of hydrogen-bond donors (Lipinski definition) is 4. The fourth-order valence-corrected chi connectivity index (χ4v) is 12.4. The lowest BCUT2D eigenvalue weighted by molar-refractivity contribution is -0.152. The van der Waals surface area contributed by atoms with Crippen LogP contribution in [0.3, 0.4) is 0 Å². The molecule has 1 unspecified atom stereocenters. The SMILES string of the molecule is CCCC[C@@H]1NC(=O)[C@H](Cc2ccc(Cl)s2)NC(=O)CN(C)C(=O)[C@H](Cc2ccc(Cl)cc2)N(C)C(=O)CN(C)C(=O)CN(C)C(=O)[C@H]([C@@H](C)CC)NC(=O)[C@H](CC(C)C)N(C)C(=O)CC(C(=O)N2CCCCC2)N(C)C(=O)[C@H](CC(C)C)NC(=O)C(C)(C)N(C)C1=O. The minimum absolute atomic E-state index is 0.0546. The average Bonchev–Trinajstić information content (AvgIpc) is 1.25. The summed E-state index contributed by atoms with van der Waals surface area (Å²) in [6, 6.07) is 1.02. The molecule has 1 aromatic carbocycles. The maximum Gasteiger partial charge on any atom is 0.246 e. The maximum atomic E-state index is 15.1. The topological polar surface area (TPSA) is 279 Å². The lowest BCUT2D eigenvalue weighted by atomic mass is 9.95. The number of piperidine rings is 1. The summed E-state index contributed by atoms with van der Waals surface area (Å²) in [5.41, 5.74) is -1.10. The predicted octanol–water partition coefficient (Wildman–Crippen LogP) is 4.62. The van der Waals surface area contributed by atoms with Gasteiger partial charge in [-0.3, -0.25) is 57.5 Å². The number of carbonyl (C=O) groups excluding carboxylic acids is 12. The van der Waals surface area contributed by atoms with E-state index in [4.69, 9.17) is 23.2 Å². The van der Waals surface area contributed by atoms with Crippen LogP contribution in [0.15, 0.2) is 36.4 Å². The van der Waals surface area contributed by atoms with Crippen molar-refractivity contribution in [3.8, 4) is 0 Å². The van der Waals surface area contributed by atoms with Gasteiger partial charge in [-0.05, 0) is 100.0 Å². The van der Waals surface area contributed by atoms with Crippen LogP contribution >= 0.6 is 34.5 Å². The molecule has 0 spiro atoms. The van der Waals surface area contributed by atoms with E-state index < -0.39 is 151 Å². The summed E-state index contributed by atoms with van der Waals surface area (Å²) in [5, 5.41) is 11.8. The van der Waals surface area contributed by atoms with Crippen molar-refractivity contribution in [3.63, 3.8) is 0 Å². The zero-order chi connectivity index (χ0) is 69.9. The maximum absolute atomic E-state index is 15.1. The van der Waals surface area contributed by atoms with E-state index in [1.807, 2.05) is 41.5 Å². The summed E-state index contributed by atoms with van der Waals surface area (Å²) in [4.78, 5) is 186. The predicted molar refractivity (Wildman–Crippen MR) is 358 cm³/mol. The first-order chi connectivity index (χ1) is 43.5. The second kappa shape index (κ2) is 36.1. The molecule has 8 atom stereocenters. The second-order valence-corrected chi connectivity index (χ2v) is 28.6. The minimum atomic E-state index is -1.70. The van der Waals surface area contributed by atoms with Crippen molar-refractivity contribution < 1.29 is 57.5 Å². The zero-order valence-corrected chi connectivity index (χ0v) is 59.7. The number of amides is 12. The van der Waals surface area contributed by atoms with Gasteiger partial charge in [-0.15, -0.1) is 11.3 Å². The van der Waals surface area contributed by atoms with Crippen molar-refractivity contribution in [2.75, 3.05) is 82.1 Å². The van der Waals surface area contributed by atoms with Gasteiger partial charge in [0.2, 0.25) is 70.9 Å². The number of hydrogen-bond acceptors (Lipinski definition) is 13. The molecule has 2 aromatic rings. The van der Waals surface area contributed by atoms with Crippen molar-refractivity contribution >= 4 is 105 Å². The Morgan fingerprint density at radius 3 is 1.75 bits per heavy atom. The van der Waals surface area contributed by atoms with E-state index >= 15 is 4.79 Å². The Morgan fingerprint density at radius 2 is 1.18 bits per heavy atom. The third kappa shape index (κ3) is 22.4. The molecule has 93 heavy (non-hydrogen) atoms. The molecule has 518 valence electrons. The molecule has 3 heterocycles. The molecule has 0 saturated carbocycles. The summed E-state index contributed by atoms with van der Waals surface area (Å²) in [5.74, 6) is -8.98. The van der Waals surface area contributed by atoms with Gasteiger partial charge < -0.3 is 60.5 Å². The van der Waals surface area contributed by atoms with Gasteiger partial charge in [0.25, 0.3) is 0 Å². The van der Waals surface area contributed by atoms with Crippen LogP contribution in [0, 0.1) is 17.8 Å². The van der Waals surface area contributed by atoms with Crippen LogP contribution in [0.2, 0.25) is 9.36 Å². The zero-order valence-electron chi connectivity index (χ0n) is 57.4. The Labute approximate surface area is 563 Å². The highest BCUT2D eigenvalue weighted by atomic mass is 35.5. The van der Waals surface area contributed by atoms with E-state index in [-0.39, 0.29) is 43.9 Å². The summed E-state index contributed by atoms with van der Waals surface area (Å²) in [7, 11) is 9.73. The molecule has 0 bridgehead atoms. The molecular weight excluding hydrogens is 1260 g/mol. The normalized spacial score (nSPS) is 24.1. The van der Waals surface area contributed by atoms with Gasteiger partial charge in [0.15, 0.2) is 0 Å². The van der Waals surface area contributed by atoms with Crippen molar-refractivity contribution in [1.29, 1.82) is 0 Å². The molecule has 0 radical (unpaired) electrons. The number of likely N-dealkylation sites (N-methyl/N-ethyl adjacent to an activating group) is 7. The van der Waals surface area contributed by atoms with Crippen LogP contribution in [0.1, 0.15) is 137 Å². The molecule has 4 rings (SSSR count). The van der Waals surface area contributed by atoms with E-state index in [1.165, 1.54) is 94.1 Å². The molecule has 27 heteroatoms. The van der Waals surface area contributed by atoms with Crippen molar-refractivity contribution in [2.45, 2.75) is 187 Å². The molecule has 0 aliphatic carbocycles. The van der Waals surface area contributed by atoms with Crippen LogP contribution in [-0.4, -0.2) is 240 Å². The van der Waals surface area contributed by atoms with E-state index in [0.29, 0.717) is 65.0 Å². The molecule has 2 aliphatic heterocycles. The van der Waals surface area contributed by atoms with Crippen LogP contribution in [-0.2, 0) is 70.4 Å². The first-order valence-corrected chi connectivity index (χ1v) is 33.9. The monoisotopic (exact) mass is 1360 g/mol. The van der Waals surface area contributed by atoms with Crippen LogP contribution in [0.5, 0.6) is 0 Å². The number of thiophene rings is 1. The summed E-state index contributed by atoms with van der Waals surface area (Å²) in [6.45, 7) is 15.0. The van der Waals surface area contributed by atoms with E-state index in [0.717, 1.165) is 21.1 Å². The fraction of sp³-hybridized carbons (Fsp3) is 0.667. The molecule has 4 N–H and O–H groups in total. The third-order valence-corrected chi connectivity index (χ3v) is 19.3. The van der Waals surface area contributed by atoms with Crippen molar-refractivity contribution in [3.05, 3.63) is 56.2 Å². The van der Waals surface area contributed by atoms with Crippen molar-refractivity contribution in [2.24, 2.45) is 17.8 Å². The van der Waals surface area contributed by atoms with Gasteiger partial charge in [-0.2, -0.15) is 0 Å². The van der Waals surface area contributed by atoms with Gasteiger partial charge in [0, 0.05) is 85.2 Å². The molecule has 2 aliphatic rings. The van der Waals surface area contributed by atoms with E-state index in [9.17, 15) is 52.7 Å². The summed E-state index contributed by atoms with van der Waals surface area (Å²) < 4.78 is 0.410. The number of unbranched alkanes of at least 4 members (excludes halogenated alkanes) is 1. The Morgan fingerprint density at radius 1 is 0.591 bits per heavy atom. The Kier molecular flexibility index (Phi) is 30.5. The van der Waals surface area contributed by atoms with Crippen molar-refractivity contribution in [1.82, 2.24) is 60.5 Å². The number of nitrogens with zero attached hydrogens (tertiary/aromatic N) is 8. The summed E-state index contributed by atoms with van der Waals surface area (Å²) >= 11 is 13.7. The number of halogens is 2. The number of benzene rings is 1. The molecule has 2 fully saturated rings. The number of nitrogens with one attached hydrogen (secondary N) is 4. The van der Waals surface area contributed by atoms with Crippen LogP contribution < -0.4 is 21.3 Å². The molecule has 24 nitrogen and oxygen atoms in total. The largest absolute Gasteiger partial charge is 0.343 e. The van der Waals surface area contributed by atoms with E-state index in [1.54, 1.807) is 48.2 Å². The Bertz CT molecular complexity index is 2960. The lowest BCUT2D eigenvalue weighted by Gasteiger charge is -2.39. The number of carbonyl (C=O) groups is 12. The van der Waals surface area contributed by atoms with Crippen LogP contribution in [0.25, 0.3) is 0 Å².